The molecule has 0 aliphatic carbocycles. The molecule has 0 bridgehead atoms. The molecule has 0 radical (unpaired) electrons. The van der Waals surface area contributed by atoms with E-state index in [0.717, 1.165) is 20.8 Å². The number of esters is 4. The predicted molar refractivity (Wildman–Crippen MR) is 108 cm³/mol. The molecule has 0 spiro atoms. The van der Waals surface area contributed by atoms with Gasteiger partial charge in [0.2, 0.25) is 12.4 Å². The number of nitrogen functional groups attached to an aromatic ring is 1. The maximum Gasteiger partial charge on any atom is 0.303 e. The van der Waals surface area contributed by atoms with Crippen molar-refractivity contribution < 1.29 is 47.6 Å². The Morgan fingerprint density at radius 3 is 1.97 bits per heavy atom. The molecule has 1 aliphatic rings. The van der Waals surface area contributed by atoms with Gasteiger partial charge in [-0.05, 0) is 30.7 Å². The molecule has 176 valence electrons. The average Bonchev–Trinajstić information content (AvgIpc) is 2.65. The van der Waals surface area contributed by atoms with E-state index >= 15 is 0 Å². The van der Waals surface area contributed by atoms with Crippen LogP contribution >= 0.6 is 0 Å². The number of carbonyl (C=O) groups excluding carboxylic acids is 4. The summed E-state index contributed by atoms with van der Waals surface area (Å²) in [6, 6.07) is 4.87. The van der Waals surface area contributed by atoms with Crippen molar-refractivity contribution in [2.75, 3.05) is 12.3 Å². The van der Waals surface area contributed by atoms with Gasteiger partial charge in [0.05, 0.1) is 0 Å². The SMILES string of the molecule is CC(=O)OCC1OC(Oc2ccc(N)cc2C)C(OC(C)=O)C(OC(C)=O)C1OC(C)=O. The first-order chi connectivity index (χ1) is 15.0. The van der Waals surface area contributed by atoms with Gasteiger partial charge < -0.3 is 34.2 Å². The van der Waals surface area contributed by atoms with Gasteiger partial charge in [-0.15, -0.1) is 0 Å². The third kappa shape index (κ3) is 6.84. The summed E-state index contributed by atoms with van der Waals surface area (Å²) < 4.78 is 32.9. The largest absolute Gasteiger partial charge is 0.463 e. The lowest BCUT2D eigenvalue weighted by molar-refractivity contribution is -0.288. The van der Waals surface area contributed by atoms with Gasteiger partial charge in [-0.2, -0.15) is 0 Å². The van der Waals surface area contributed by atoms with E-state index in [2.05, 4.69) is 0 Å². The van der Waals surface area contributed by atoms with E-state index in [9.17, 15) is 19.2 Å². The van der Waals surface area contributed by atoms with Crippen LogP contribution in [0.2, 0.25) is 0 Å². The molecule has 1 aliphatic heterocycles. The van der Waals surface area contributed by atoms with Gasteiger partial charge in [-0.25, -0.2) is 0 Å². The smallest absolute Gasteiger partial charge is 0.303 e. The van der Waals surface area contributed by atoms with E-state index in [-0.39, 0.29) is 6.61 Å². The Bertz CT molecular complexity index is 870. The first kappa shape index (κ1) is 24.9. The summed E-state index contributed by atoms with van der Waals surface area (Å²) in [4.78, 5) is 46.7. The Morgan fingerprint density at radius 1 is 0.875 bits per heavy atom. The van der Waals surface area contributed by atoms with Crippen LogP contribution in [0.1, 0.15) is 33.3 Å². The Hall–Kier alpha value is -3.34. The highest BCUT2D eigenvalue weighted by atomic mass is 16.7. The van der Waals surface area contributed by atoms with Crippen LogP contribution in [-0.4, -0.2) is 61.2 Å². The molecule has 32 heavy (non-hydrogen) atoms. The predicted octanol–water partition coefficient (Wildman–Crippen LogP) is 1.04. The summed E-state index contributed by atoms with van der Waals surface area (Å²) in [5.41, 5.74) is 6.95. The van der Waals surface area contributed by atoms with Gasteiger partial charge in [0.1, 0.15) is 18.5 Å². The van der Waals surface area contributed by atoms with Gasteiger partial charge in [0, 0.05) is 33.4 Å². The van der Waals surface area contributed by atoms with Gasteiger partial charge in [0.25, 0.3) is 0 Å². The lowest BCUT2D eigenvalue weighted by Crippen LogP contribution is -2.63. The number of benzene rings is 1. The lowest BCUT2D eigenvalue weighted by Gasteiger charge is -2.44. The van der Waals surface area contributed by atoms with E-state index in [0.29, 0.717) is 17.0 Å². The molecule has 1 fully saturated rings. The van der Waals surface area contributed by atoms with Gasteiger partial charge in [0.15, 0.2) is 12.2 Å². The molecule has 1 saturated heterocycles. The molecule has 1 aromatic carbocycles. The number of rotatable bonds is 7. The number of hydrogen-bond donors (Lipinski definition) is 1. The Kier molecular flexibility index (Phi) is 8.41. The first-order valence-corrected chi connectivity index (χ1v) is 9.81. The molecule has 0 amide bonds. The number of nitrogens with two attached hydrogens (primary N) is 1. The fourth-order valence-electron chi connectivity index (χ4n) is 3.21. The minimum atomic E-state index is -1.30. The third-order valence-electron chi connectivity index (χ3n) is 4.39. The second-order valence-corrected chi connectivity index (χ2v) is 7.21. The van der Waals surface area contributed by atoms with Crippen LogP contribution in [-0.2, 0) is 42.9 Å². The summed E-state index contributed by atoms with van der Waals surface area (Å²) in [5, 5.41) is 0. The van der Waals surface area contributed by atoms with E-state index < -0.39 is 54.6 Å². The summed E-state index contributed by atoms with van der Waals surface area (Å²) in [6.45, 7) is 6.05. The molecule has 1 heterocycles. The Balaban J connectivity index is 2.47. The lowest BCUT2D eigenvalue weighted by atomic mass is 9.98. The van der Waals surface area contributed by atoms with Crippen molar-refractivity contribution in [1.29, 1.82) is 0 Å². The van der Waals surface area contributed by atoms with Crippen molar-refractivity contribution in [2.24, 2.45) is 0 Å². The zero-order chi connectivity index (χ0) is 24.0. The summed E-state index contributed by atoms with van der Waals surface area (Å²) >= 11 is 0. The number of ether oxygens (including phenoxy) is 6. The van der Waals surface area contributed by atoms with Crippen LogP contribution in [0.3, 0.4) is 0 Å². The van der Waals surface area contributed by atoms with E-state index in [4.69, 9.17) is 34.2 Å². The molecule has 1 aromatic rings. The monoisotopic (exact) mass is 453 g/mol. The normalized spacial score (nSPS) is 24.7. The highest BCUT2D eigenvalue weighted by molar-refractivity contribution is 5.68. The van der Waals surface area contributed by atoms with Crippen LogP contribution in [0, 0.1) is 6.92 Å². The fraction of sp³-hybridized carbons (Fsp3) is 0.524. The standard InChI is InChI=1S/C21H27NO10/c1-10-8-15(22)6-7-16(10)31-21-20(30-14(5)26)19(29-13(4)25)18(28-12(3)24)17(32-21)9-27-11(2)23/h6-8,17-21H,9,22H2,1-5H3. The molecule has 11 nitrogen and oxygen atoms in total. The van der Waals surface area contributed by atoms with E-state index in [1.54, 1.807) is 25.1 Å². The Labute approximate surface area is 185 Å². The Morgan fingerprint density at radius 2 is 1.44 bits per heavy atom. The van der Waals surface area contributed by atoms with Crippen molar-refractivity contribution in [3.05, 3.63) is 23.8 Å². The number of anilines is 1. The fourth-order valence-corrected chi connectivity index (χ4v) is 3.21. The highest BCUT2D eigenvalue weighted by Gasteiger charge is 2.53. The van der Waals surface area contributed by atoms with Crippen molar-refractivity contribution >= 4 is 29.6 Å². The molecular weight excluding hydrogens is 426 g/mol. The average molecular weight is 453 g/mol. The molecule has 11 heteroatoms. The van der Waals surface area contributed by atoms with E-state index in [1.807, 2.05) is 0 Å². The van der Waals surface area contributed by atoms with Crippen molar-refractivity contribution in [3.8, 4) is 5.75 Å². The molecule has 0 saturated carbocycles. The number of carbonyl (C=O) groups is 4. The van der Waals surface area contributed by atoms with Crippen molar-refractivity contribution in [1.82, 2.24) is 0 Å². The van der Waals surface area contributed by atoms with Crippen LogP contribution in [0.5, 0.6) is 5.75 Å². The topological polar surface area (TPSA) is 150 Å². The second kappa shape index (κ2) is 10.8. The zero-order valence-corrected chi connectivity index (χ0v) is 18.5. The zero-order valence-electron chi connectivity index (χ0n) is 18.5. The maximum atomic E-state index is 11.8. The van der Waals surface area contributed by atoms with Gasteiger partial charge in [-0.1, -0.05) is 0 Å². The molecule has 5 unspecified atom stereocenters. The molecule has 2 N–H and O–H groups in total. The van der Waals surface area contributed by atoms with Crippen LogP contribution < -0.4 is 10.5 Å². The van der Waals surface area contributed by atoms with Crippen molar-refractivity contribution in [2.45, 2.75) is 65.3 Å². The molecular formula is C21H27NO10. The van der Waals surface area contributed by atoms with E-state index in [1.165, 1.54) is 6.92 Å². The minimum absolute atomic E-state index is 0.335. The summed E-state index contributed by atoms with van der Waals surface area (Å²) in [7, 11) is 0. The minimum Gasteiger partial charge on any atom is -0.463 e. The first-order valence-electron chi connectivity index (χ1n) is 9.81. The number of aryl methyl sites for hydroxylation is 1. The van der Waals surface area contributed by atoms with Crippen molar-refractivity contribution in [3.63, 3.8) is 0 Å². The summed E-state index contributed by atoms with van der Waals surface area (Å²) in [5.74, 6) is -2.38. The third-order valence-corrected chi connectivity index (χ3v) is 4.39. The van der Waals surface area contributed by atoms with Crippen LogP contribution in [0.25, 0.3) is 0 Å². The van der Waals surface area contributed by atoms with Crippen LogP contribution in [0.4, 0.5) is 5.69 Å². The molecule has 5 atom stereocenters. The second-order valence-electron chi connectivity index (χ2n) is 7.21. The van der Waals surface area contributed by atoms with Gasteiger partial charge >= 0.3 is 23.9 Å². The highest BCUT2D eigenvalue weighted by Crippen LogP contribution is 2.32. The quantitative estimate of drug-likeness (QED) is 0.358. The van der Waals surface area contributed by atoms with Gasteiger partial charge in [-0.3, -0.25) is 19.2 Å². The summed E-state index contributed by atoms with van der Waals surface area (Å²) in [6.07, 6.45) is -6.22. The molecule has 0 aromatic heterocycles. The number of hydrogen-bond acceptors (Lipinski definition) is 11. The van der Waals surface area contributed by atoms with Crippen LogP contribution in [0.15, 0.2) is 18.2 Å². The molecule has 2 rings (SSSR count). The maximum absolute atomic E-state index is 11.8.